The van der Waals surface area contributed by atoms with Gasteiger partial charge in [0.1, 0.15) is 5.75 Å². The molecule has 9 heteroatoms. The molecule has 2 aromatic rings. The van der Waals surface area contributed by atoms with E-state index in [9.17, 15) is 18.0 Å². The Bertz CT molecular complexity index is 941. The van der Waals surface area contributed by atoms with Gasteiger partial charge in [0, 0.05) is 5.69 Å². The summed E-state index contributed by atoms with van der Waals surface area (Å²) in [7, 11) is -3.89. The maximum atomic E-state index is 12.1. The van der Waals surface area contributed by atoms with Crippen molar-refractivity contribution in [2.75, 3.05) is 11.9 Å². The summed E-state index contributed by atoms with van der Waals surface area (Å²) >= 11 is 0. The third-order valence-corrected chi connectivity index (χ3v) is 4.61. The number of carbonyl (C=O) groups is 2. The van der Waals surface area contributed by atoms with Crippen molar-refractivity contribution in [2.45, 2.75) is 31.3 Å². The summed E-state index contributed by atoms with van der Waals surface area (Å²) in [4.78, 5) is 23.9. The maximum Gasteiger partial charge on any atom is 0.310 e. The molecule has 1 atom stereocenters. The molecule has 1 amide bonds. The molecule has 0 saturated carbocycles. The Morgan fingerprint density at radius 3 is 2.46 bits per heavy atom. The molecule has 0 unspecified atom stereocenters. The normalized spacial score (nSPS) is 12.1. The smallest absolute Gasteiger partial charge is 0.310 e. The molecule has 0 aliphatic heterocycles. The first-order valence-electron chi connectivity index (χ1n) is 8.48. The van der Waals surface area contributed by atoms with Crippen molar-refractivity contribution in [2.24, 2.45) is 5.14 Å². The van der Waals surface area contributed by atoms with E-state index >= 15 is 0 Å². The summed E-state index contributed by atoms with van der Waals surface area (Å²) in [5.74, 6) is -0.550. The molecular weight excluding hydrogens is 384 g/mol. The van der Waals surface area contributed by atoms with Crippen LogP contribution in [0.1, 0.15) is 18.9 Å². The quantitative estimate of drug-likeness (QED) is 0.646. The molecule has 0 aromatic heterocycles. The predicted octanol–water partition coefficient (Wildman–Crippen LogP) is 1.98. The van der Waals surface area contributed by atoms with E-state index in [0.29, 0.717) is 5.75 Å². The van der Waals surface area contributed by atoms with Crippen molar-refractivity contribution >= 4 is 27.6 Å². The Kier molecular flexibility index (Phi) is 7.13. The number of hydrogen-bond donors (Lipinski definition) is 2. The highest BCUT2D eigenvalue weighted by Crippen LogP contribution is 2.15. The molecule has 0 fully saturated rings. The minimum absolute atomic E-state index is 0.0214. The van der Waals surface area contributed by atoms with E-state index in [-0.39, 0.29) is 23.6 Å². The van der Waals surface area contributed by atoms with Gasteiger partial charge in [0.25, 0.3) is 5.91 Å². The lowest BCUT2D eigenvalue weighted by molar-refractivity contribution is -0.153. The van der Waals surface area contributed by atoms with Gasteiger partial charge in [-0.25, -0.2) is 13.6 Å². The Morgan fingerprint density at radius 1 is 1.14 bits per heavy atom. The van der Waals surface area contributed by atoms with Crippen LogP contribution in [0.15, 0.2) is 53.4 Å². The minimum Gasteiger partial charge on any atom is -0.493 e. The summed E-state index contributed by atoms with van der Waals surface area (Å²) in [5.41, 5.74) is 1.32. The van der Waals surface area contributed by atoms with Crippen LogP contribution in [-0.4, -0.2) is 33.0 Å². The number of hydrogen-bond acceptors (Lipinski definition) is 6. The Balaban J connectivity index is 1.81. The Hall–Kier alpha value is -2.91. The van der Waals surface area contributed by atoms with Gasteiger partial charge < -0.3 is 14.8 Å². The van der Waals surface area contributed by atoms with Crippen LogP contribution in [0.4, 0.5) is 5.69 Å². The Labute approximate surface area is 163 Å². The van der Waals surface area contributed by atoms with Gasteiger partial charge in [-0.05, 0) is 44.2 Å². The highest BCUT2D eigenvalue weighted by atomic mass is 32.2. The third-order valence-electron chi connectivity index (χ3n) is 3.70. The first-order valence-corrected chi connectivity index (χ1v) is 10.0. The monoisotopic (exact) mass is 406 g/mol. The van der Waals surface area contributed by atoms with Gasteiger partial charge in [0.2, 0.25) is 10.0 Å². The number of esters is 1. The average Bonchev–Trinajstić information content (AvgIpc) is 2.63. The lowest BCUT2D eigenvalue weighted by Gasteiger charge is -2.14. The zero-order chi connectivity index (χ0) is 20.7. The van der Waals surface area contributed by atoms with Crippen LogP contribution in [0.2, 0.25) is 0 Å². The van der Waals surface area contributed by atoms with Crippen molar-refractivity contribution < 1.29 is 27.5 Å². The summed E-state index contributed by atoms with van der Waals surface area (Å²) in [5, 5.41) is 7.54. The molecule has 2 aromatic carbocycles. The van der Waals surface area contributed by atoms with E-state index in [2.05, 4.69) is 5.32 Å². The number of ether oxygens (including phenoxy) is 2. The van der Waals surface area contributed by atoms with Crippen LogP contribution >= 0.6 is 0 Å². The summed E-state index contributed by atoms with van der Waals surface area (Å²) in [6.45, 7) is 3.49. The molecule has 0 saturated heterocycles. The first kappa shape index (κ1) is 21.4. The molecule has 150 valence electrons. The molecule has 0 bridgehead atoms. The van der Waals surface area contributed by atoms with Crippen molar-refractivity contribution in [3.63, 3.8) is 0 Å². The zero-order valence-electron chi connectivity index (χ0n) is 15.5. The van der Waals surface area contributed by atoms with Crippen LogP contribution in [-0.2, 0) is 24.3 Å². The summed E-state index contributed by atoms with van der Waals surface area (Å²) < 4.78 is 33.2. The number of amides is 1. The molecule has 3 N–H and O–H groups in total. The number of anilines is 1. The fourth-order valence-electron chi connectivity index (χ4n) is 2.19. The molecule has 0 spiro atoms. The first-order chi connectivity index (χ1) is 13.1. The van der Waals surface area contributed by atoms with Crippen LogP contribution in [0.5, 0.6) is 5.75 Å². The summed E-state index contributed by atoms with van der Waals surface area (Å²) in [6.07, 6.45) is -1.09. The summed E-state index contributed by atoms with van der Waals surface area (Å²) in [6, 6.07) is 12.8. The molecule has 0 aliphatic rings. The number of sulfonamides is 1. The average molecular weight is 406 g/mol. The topological polar surface area (TPSA) is 125 Å². The van der Waals surface area contributed by atoms with Crippen LogP contribution < -0.4 is 15.2 Å². The second kappa shape index (κ2) is 9.34. The largest absolute Gasteiger partial charge is 0.493 e. The van der Waals surface area contributed by atoms with E-state index in [1.165, 1.54) is 31.2 Å². The number of aryl methyl sites for hydroxylation is 1. The van der Waals surface area contributed by atoms with Crippen LogP contribution in [0, 0.1) is 6.92 Å². The molecule has 28 heavy (non-hydrogen) atoms. The third kappa shape index (κ3) is 6.67. The molecule has 2 rings (SSSR count). The van der Waals surface area contributed by atoms with Gasteiger partial charge >= 0.3 is 5.97 Å². The van der Waals surface area contributed by atoms with Crippen LogP contribution in [0.25, 0.3) is 0 Å². The van der Waals surface area contributed by atoms with E-state index in [1.807, 2.05) is 19.1 Å². The van der Waals surface area contributed by atoms with Crippen molar-refractivity contribution in [3.05, 3.63) is 54.1 Å². The number of nitrogens with two attached hydrogens (primary N) is 1. The number of carbonyl (C=O) groups excluding carboxylic acids is 2. The highest BCUT2D eigenvalue weighted by molar-refractivity contribution is 7.89. The van der Waals surface area contributed by atoms with Crippen molar-refractivity contribution in [1.82, 2.24) is 0 Å². The lowest BCUT2D eigenvalue weighted by atomic mass is 10.2. The van der Waals surface area contributed by atoms with Gasteiger partial charge in [-0.15, -0.1) is 0 Å². The second-order valence-corrected chi connectivity index (χ2v) is 7.67. The van der Waals surface area contributed by atoms with E-state index < -0.39 is 28.0 Å². The van der Waals surface area contributed by atoms with E-state index in [4.69, 9.17) is 14.6 Å². The number of nitrogens with one attached hydrogen (secondary N) is 1. The van der Waals surface area contributed by atoms with Crippen LogP contribution in [0.3, 0.4) is 0 Å². The maximum absolute atomic E-state index is 12.1. The number of benzene rings is 2. The number of primary sulfonamides is 1. The lowest BCUT2D eigenvalue weighted by Crippen LogP contribution is -2.30. The van der Waals surface area contributed by atoms with Gasteiger partial charge in [0.15, 0.2) is 6.10 Å². The molecular formula is C19H22N2O6S. The number of rotatable bonds is 8. The predicted molar refractivity (Wildman–Crippen MR) is 103 cm³/mol. The standard InChI is InChI=1S/C19H22N2O6S/c1-13-6-8-16(9-7-13)26-11-10-18(22)27-14(2)19(23)21-15-4-3-5-17(12-15)28(20,24)25/h3-9,12,14H,10-11H2,1-2H3,(H,21,23)(H2,20,24,25)/t14-/m0/s1. The van der Waals surface area contributed by atoms with Gasteiger partial charge in [0.05, 0.1) is 17.9 Å². The highest BCUT2D eigenvalue weighted by Gasteiger charge is 2.18. The Morgan fingerprint density at radius 2 is 1.82 bits per heavy atom. The van der Waals surface area contributed by atoms with E-state index in [0.717, 1.165) is 5.56 Å². The zero-order valence-corrected chi connectivity index (χ0v) is 16.4. The second-order valence-electron chi connectivity index (χ2n) is 6.11. The minimum atomic E-state index is -3.89. The van der Waals surface area contributed by atoms with Gasteiger partial charge in [-0.2, -0.15) is 0 Å². The fourth-order valence-corrected chi connectivity index (χ4v) is 2.75. The SMILES string of the molecule is Cc1ccc(OCCC(=O)O[C@@H](C)C(=O)Nc2cccc(S(N)(=O)=O)c2)cc1. The fraction of sp³-hybridized carbons (Fsp3) is 0.263. The van der Waals surface area contributed by atoms with Crippen molar-refractivity contribution in [3.8, 4) is 5.75 Å². The molecule has 0 heterocycles. The molecule has 8 nitrogen and oxygen atoms in total. The van der Waals surface area contributed by atoms with E-state index in [1.54, 1.807) is 12.1 Å². The van der Waals surface area contributed by atoms with Gasteiger partial charge in [-0.1, -0.05) is 23.8 Å². The molecule has 0 aliphatic carbocycles. The molecule has 0 radical (unpaired) electrons. The van der Waals surface area contributed by atoms with Gasteiger partial charge in [-0.3, -0.25) is 9.59 Å². The van der Waals surface area contributed by atoms with Crippen molar-refractivity contribution in [1.29, 1.82) is 0 Å².